The third-order valence-corrected chi connectivity index (χ3v) is 5.31. The largest absolute Gasteiger partial charge is 0.377 e. The van der Waals surface area contributed by atoms with Gasteiger partial charge in [0, 0.05) is 12.1 Å². The molecule has 7 heteroatoms. The molecule has 4 aromatic rings. The van der Waals surface area contributed by atoms with E-state index in [2.05, 4.69) is 16.0 Å². The fraction of sp³-hybridized carbons (Fsp3) is 0.174. The van der Waals surface area contributed by atoms with E-state index < -0.39 is 0 Å². The third-order valence-electron chi connectivity index (χ3n) is 5.31. The molecule has 1 aliphatic rings. The lowest BCUT2D eigenvalue weighted by Gasteiger charge is -2.36. The number of aromatic nitrogens is 3. The molecule has 3 heterocycles. The molecule has 1 aliphatic heterocycles. The Morgan fingerprint density at radius 3 is 2.77 bits per heavy atom. The van der Waals surface area contributed by atoms with Crippen LogP contribution in [0.2, 0.25) is 0 Å². The SMILES string of the molecule is N#Cc1ccc(-c2cnc3ccc(N4CCOC[C@@H]4c4cccc(F)c4)nn23)cc1. The highest BCUT2D eigenvalue weighted by atomic mass is 19.1. The van der Waals surface area contributed by atoms with Gasteiger partial charge in [-0.3, -0.25) is 0 Å². The number of hydrogen-bond donors (Lipinski definition) is 0. The number of nitriles is 1. The maximum atomic E-state index is 13.8. The summed E-state index contributed by atoms with van der Waals surface area (Å²) in [5.41, 5.74) is 3.96. The first-order chi connectivity index (χ1) is 14.7. The Labute approximate surface area is 172 Å². The van der Waals surface area contributed by atoms with Crippen LogP contribution < -0.4 is 4.90 Å². The quantitative estimate of drug-likeness (QED) is 0.521. The van der Waals surface area contributed by atoms with Crippen molar-refractivity contribution < 1.29 is 9.13 Å². The standard InChI is InChI=1S/C23H18FN5O/c24-19-3-1-2-18(12-19)21-15-30-11-10-28(21)23-9-8-22-26-14-20(29(22)27-23)17-6-4-16(13-25)5-7-17/h1-9,12,14,21H,10-11,15H2/t21-/m1/s1. The molecule has 1 atom stereocenters. The van der Waals surface area contributed by atoms with Crippen LogP contribution in [0.1, 0.15) is 17.2 Å². The Kier molecular flexibility index (Phi) is 4.62. The molecule has 148 valence electrons. The smallest absolute Gasteiger partial charge is 0.154 e. The van der Waals surface area contributed by atoms with E-state index in [1.54, 1.807) is 35.0 Å². The first kappa shape index (κ1) is 18.3. The van der Waals surface area contributed by atoms with Gasteiger partial charge in [0.25, 0.3) is 0 Å². The van der Waals surface area contributed by atoms with Gasteiger partial charge in [0.2, 0.25) is 0 Å². The molecule has 0 aliphatic carbocycles. The number of imidazole rings is 1. The zero-order valence-corrected chi connectivity index (χ0v) is 16.1. The molecule has 2 aromatic carbocycles. The molecule has 0 radical (unpaired) electrons. The van der Waals surface area contributed by atoms with Gasteiger partial charge in [0.15, 0.2) is 5.65 Å². The van der Waals surface area contributed by atoms with Gasteiger partial charge in [-0.05, 0) is 42.0 Å². The van der Waals surface area contributed by atoms with Crippen LogP contribution in [-0.4, -0.2) is 34.4 Å². The van der Waals surface area contributed by atoms with E-state index in [0.717, 1.165) is 28.3 Å². The van der Waals surface area contributed by atoms with Crippen molar-refractivity contribution in [1.82, 2.24) is 14.6 Å². The summed E-state index contributed by atoms with van der Waals surface area (Å²) >= 11 is 0. The summed E-state index contributed by atoms with van der Waals surface area (Å²) in [7, 11) is 0. The molecule has 0 amide bonds. The van der Waals surface area contributed by atoms with Crippen molar-refractivity contribution in [3.63, 3.8) is 0 Å². The van der Waals surface area contributed by atoms with Crippen LogP contribution in [0, 0.1) is 17.1 Å². The minimum atomic E-state index is -0.265. The second-order valence-electron chi connectivity index (χ2n) is 7.13. The van der Waals surface area contributed by atoms with Gasteiger partial charge >= 0.3 is 0 Å². The van der Waals surface area contributed by atoms with Crippen molar-refractivity contribution in [2.24, 2.45) is 0 Å². The van der Waals surface area contributed by atoms with Crippen molar-refractivity contribution in [2.45, 2.75) is 6.04 Å². The topological polar surface area (TPSA) is 66.5 Å². The number of benzene rings is 2. The number of morpholine rings is 1. The van der Waals surface area contributed by atoms with Gasteiger partial charge in [-0.2, -0.15) is 5.26 Å². The van der Waals surface area contributed by atoms with Crippen molar-refractivity contribution >= 4 is 11.5 Å². The van der Waals surface area contributed by atoms with E-state index in [1.807, 2.05) is 30.3 Å². The lowest BCUT2D eigenvalue weighted by molar-refractivity contribution is 0.0935. The normalized spacial score (nSPS) is 16.5. The van der Waals surface area contributed by atoms with Crippen molar-refractivity contribution in [1.29, 1.82) is 5.26 Å². The Morgan fingerprint density at radius 2 is 1.97 bits per heavy atom. The highest BCUT2D eigenvalue weighted by Crippen LogP contribution is 2.30. The molecule has 0 spiro atoms. The maximum absolute atomic E-state index is 13.8. The molecule has 6 nitrogen and oxygen atoms in total. The van der Waals surface area contributed by atoms with Gasteiger partial charge in [0.05, 0.1) is 42.8 Å². The third kappa shape index (κ3) is 3.27. The predicted molar refractivity (Wildman–Crippen MR) is 110 cm³/mol. The van der Waals surface area contributed by atoms with Gasteiger partial charge in [-0.1, -0.05) is 24.3 Å². The van der Waals surface area contributed by atoms with E-state index in [1.165, 1.54) is 6.07 Å². The molecular formula is C23H18FN5O. The molecular weight excluding hydrogens is 381 g/mol. The monoisotopic (exact) mass is 399 g/mol. The van der Waals surface area contributed by atoms with Crippen LogP contribution in [0.4, 0.5) is 10.2 Å². The van der Waals surface area contributed by atoms with Crippen LogP contribution in [0.3, 0.4) is 0 Å². The molecule has 5 rings (SSSR count). The first-order valence-corrected chi connectivity index (χ1v) is 9.68. The summed E-state index contributed by atoms with van der Waals surface area (Å²) in [6.45, 7) is 1.70. The number of rotatable bonds is 3. The van der Waals surface area contributed by atoms with Gasteiger partial charge < -0.3 is 9.64 Å². The number of halogens is 1. The maximum Gasteiger partial charge on any atom is 0.154 e. The highest BCUT2D eigenvalue weighted by molar-refractivity contribution is 5.64. The minimum Gasteiger partial charge on any atom is -0.377 e. The first-order valence-electron chi connectivity index (χ1n) is 9.68. The number of hydrogen-bond acceptors (Lipinski definition) is 5. The zero-order chi connectivity index (χ0) is 20.5. The summed E-state index contributed by atoms with van der Waals surface area (Å²) in [4.78, 5) is 6.59. The Hall–Kier alpha value is -3.76. The molecule has 30 heavy (non-hydrogen) atoms. The number of fused-ring (bicyclic) bond motifs is 1. The van der Waals surface area contributed by atoms with E-state index in [4.69, 9.17) is 15.1 Å². The number of nitrogens with zero attached hydrogens (tertiary/aromatic N) is 5. The van der Waals surface area contributed by atoms with Crippen LogP contribution in [0.25, 0.3) is 16.9 Å². The summed E-state index contributed by atoms with van der Waals surface area (Å²) in [5, 5.41) is 13.9. The van der Waals surface area contributed by atoms with Crippen molar-refractivity contribution in [3.8, 4) is 17.3 Å². The van der Waals surface area contributed by atoms with Gasteiger partial charge in [0.1, 0.15) is 11.6 Å². The van der Waals surface area contributed by atoms with Crippen LogP contribution in [0.5, 0.6) is 0 Å². The lowest BCUT2D eigenvalue weighted by Crippen LogP contribution is -2.40. The average molecular weight is 399 g/mol. The van der Waals surface area contributed by atoms with E-state index in [9.17, 15) is 4.39 Å². The second kappa shape index (κ2) is 7.58. The molecule has 0 N–H and O–H groups in total. The number of ether oxygens (including phenoxy) is 1. The van der Waals surface area contributed by atoms with Crippen molar-refractivity contribution in [3.05, 3.63) is 83.8 Å². The molecule has 0 saturated carbocycles. The summed E-state index contributed by atoms with van der Waals surface area (Å²) in [5.74, 6) is 0.507. The molecule has 1 fully saturated rings. The van der Waals surface area contributed by atoms with E-state index in [-0.39, 0.29) is 11.9 Å². The molecule has 0 unspecified atom stereocenters. The molecule has 1 saturated heterocycles. The zero-order valence-electron chi connectivity index (χ0n) is 16.1. The van der Waals surface area contributed by atoms with Crippen LogP contribution in [-0.2, 0) is 4.74 Å². The van der Waals surface area contributed by atoms with Crippen LogP contribution >= 0.6 is 0 Å². The fourth-order valence-corrected chi connectivity index (χ4v) is 3.80. The molecule has 0 bridgehead atoms. The summed E-state index contributed by atoms with van der Waals surface area (Å²) in [6, 6.07) is 19.8. The predicted octanol–water partition coefficient (Wildman–Crippen LogP) is 3.98. The number of anilines is 1. The Bertz CT molecular complexity index is 1240. The van der Waals surface area contributed by atoms with E-state index >= 15 is 0 Å². The fourth-order valence-electron chi connectivity index (χ4n) is 3.80. The molecule has 2 aromatic heterocycles. The minimum absolute atomic E-state index is 0.124. The second-order valence-corrected chi connectivity index (χ2v) is 7.13. The summed E-state index contributed by atoms with van der Waals surface area (Å²) in [6.07, 6.45) is 1.77. The van der Waals surface area contributed by atoms with Crippen LogP contribution in [0.15, 0.2) is 66.9 Å². The highest BCUT2D eigenvalue weighted by Gasteiger charge is 2.26. The van der Waals surface area contributed by atoms with Gasteiger partial charge in [-0.15, -0.1) is 5.10 Å². The Morgan fingerprint density at radius 1 is 1.10 bits per heavy atom. The van der Waals surface area contributed by atoms with E-state index in [0.29, 0.717) is 25.3 Å². The summed E-state index contributed by atoms with van der Waals surface area (Å²) < 4.78 is 21.3. The lowest BCUT2D eigenvalue weighted by atomic mass is 10.0. The van der Waals surface area contributed by atoms with Gasteiger partial charge in [-0.25, -0.2) is 13.9 Å². The Balaban J connectivity index is 1.55. The van der Waals surface area contributed by atoms with Crippen molar-refractivity contribution in [2.75, 3.05) is 24.7 Å². The average Bonchev–Trinajstić information content (AvgIpc) is 3.22.